The first-order valence-corrected chi connectivity index (χ1v) is 7.01. The van der Waals surface area contributed by atoms with E-state index in [0.717, 1.165) is 17.9 Å². The van der Waals surface area contributed by atoms with Crippen molar-refractivity contribution >= 4 is 11.8 Å². The van der Waals surface area contributed by atoms with Crippen molar-refractivity contribution < 1.29 is 4.74 Å². The van der Waals surface area contributed by atoms with Gasteiger partial charge in [0.05, 0.1) is 24.4 Å². The molecule has 1 aromatic heterocycles. The molecule has 19 heavy (non-hydrogen) atoms. The third-order valence-corrected chi connectivity index (χ3v) is 3.53. The summed E-state index contributed by atoms with van der Waals surface area (Å²) in [6.07, 6.45) is 4.85. The lowest BCUT2D eigenvalue weighted by atomic mass is 10.2. The monoisotopic (exact) mass is 273 g/mol. The van der Waals surface area contributed by atoms with Gasteiger partial charge >= 0.3 is 0 Å². The molecule has 98 valence electrons. The smallest absolute Gasteiger partial charge is 0.119 e. The first kappa shape index (κ1) is 13.5. The van der Waals surface area contributed by atoms with E-state index in [1.807, 2.05) is 31.6 Å². The second-order valence-electron chi connectivity index (χ2n) is 4.04. The van der Waals surface area contributed by atoms with Crippen LogP contribution in [0.5, 0.6) is 5.75 Å². The molecule has 4 nitrogen and oxygen atoms in total. The van der Waals surface area contributed by atoms with Crippen LogP contribution in [0.2, 0.25) is 0 Å². The predicted octanol–water partition coefficient (Wildman–Crippen LogP) is 2.85. The molecule has 1 aromatic carbocycles. The second-order valence-corrected chi connectivity index (χ2v) is 5.20. The largest absolute Gasteiger partial charge is 0.494 e. The first-order valence-electron chi connectivity index (χ1n) is 6.02. The van der Waals surface area contributed by atoms with Crippen molar-refractivity contribution in [1.29, 1.82) is 5.26 Å². The van der Waals surface area contributed by atoms with E-state index in [4.69, 9.17) is 10.00 Å². The summed E-state index contributed by atoms with van der Waals surface area (Å²) in [5, 5.41) is 12.8. The van der Waals surface area contributed by atoms with E-state index in [2.05, 4.69) is 11.2 Å². The van der Waals surface area contributed by atoms with Gasteiger partial charge in [-0.05, 0) is 30.7 Å². The Morgan fingerprint density at radius 3 is 2.79 bits per heavy atom. The third kappa shape index (κ3) is 4.34. The van der Waals surface area contributed by atoms with Gasteiger partial charge in [0.1, 0.15) is 5.75 Å². The maximum atomic E-state index is 8.68. The number of nitriles is 1. The van der Waals surface area contributed by atoms with Gasteiger partial charge in [0, 0.05) is 23.9 Å². The van der Waals surface area contributed by atoms with Gasteiger partial charge in [-0.1, -0.05) is 0 Å². The van der Waals surface area contributed by atoms with Gasteiger partial charge in [0.25, 0.3) is 0 Å². The van der Waals surface area contributed by atoms with Crippen molar-refractivity contribution in [3.63, 3.8) is 0 Å². The zero-order valence-electron chi connectivity index (χ0n) is 10.7. The van der Waals surface area contributed by atoms with Crippen LogP contribution in [0.25, 0.3) is 0 Å². The molecule has 5 heteroatoms. The molecule has 0 aliphatic heterocycles. The Morgan fingerprint density at radius 2 is 2.16 bits per heavy atom. The van der Waals surface area contributed by atoms with Crippen molar-refractivity contribution in [1.82, 2.24) is 9.78 Å². The van der Waals surface area contributed by atoms with Crippen LogP contribution in [0.4, 0.5) is 0 Å². The molecule has 1 heterocycles. The number of hydrogen-bond donors (Lipinski definition) is 0. The minimum absolute atomic E-state index is 0.652. The van der Waals surface area contributed by atoms with E-state index in [1.165, 1.54) is 4.90 Å². The molecule has 0 atom stereocenters. The summed E-state index contributed by atoms with van der Waals surface area (Å²) in [4.78, 5) is 1.18. The Kier molecular flexibility index (Phi) is 4.87. The highest BCUT2D eigenvalue weighted by atomic mass is 32.2. The van der Waals surface area contributed by atoms with Gasteiger partial charge in [-0.2, -0.15) is 10.4 Å². The Morgan fingerprint density at radius 1 is 1.37 bits per heavy atom. The van der Waals surface area contributed by atoms with Gasteiger partial charge in [0.15, 0.2) is 0 Å². The van der Waals surface area contributed by atoms with E-state index in [9.17, 15) is 0 Å². The van der Waals surface area contributed by atoms with Crippen LogP contribution < -0.4 is 4.74 Å². The normalized spacial score (nSPS) is 10.1. The molecule has 0 spiro atoms. The van der Waals surface area contributed by atoms with Crippen molar-refractivity contribution in [3.05, 3.63) is 42.2 Å². The van der Waals surface area contributed by atoms with Crippen LogP contribution in [-0.2, 0) is 7.05 Å². The van der Waals surface area contributed by atoms with Gasteiger partial charge < -0.3 is 4.74 Å². The van der Waals surface area contributed by atoms with Crippen LogP contribution in [0.15, 0.2) is 41.6 Å². The summed E-state index contributed by atoms with van der Waals surface area (Å²) in [6, 6.07) is 9.26. The van der Waals surface area contributed by atoms with Crippen molar-refractivity contribution in [2.24, 2.45) is 7.05 Å². The maximum Gasteiger partial charge on any atom is 0.119 e. The topological polar surface area (TPSA) is 50.8 Å². The summed E-state index contributed by atoms with van der Waals surface area (Å²) in [7, 11) is 1.91. The number of aromatic nitrogens is 2. The lowest BCUT2D eigenvalue weighted by Crippen LogP contribution is -1.98. The molecule has 0 amide bonds. The average molecular weight is 273 g/mol. The first-order chi connectivity index (χ1) is 9.28. The van der Waals surface area contributed by atoms with Gasteiger partial charge in [0.2, 0.25) is 0 Å². The zero-order chi connectivity index (χ0) is 13.5. The summed E-state index contributed by atoms with van der Waals surface area (Å²) < 4.78 is 7.41. The Bertz CT molecular complexity index is 557. The average Bonchev–Trinajstić information content (AvgIpc) is 2.85. The SMILES string of the molecule is Cn1cc(SCCCOc2ccc(C#N)cc2)cn1. The quantitative estimate of drug-likeness (QED) is 0.600. The minimum Gasteiger partial charge on any atom is -0.494 e. The minimum atomic E-state index is 0.652. The fraction of sp³-hybridized carbons (Fsp3) is 0.286. The molecular weight excluding hydrogens is 258 g/mol. The van der Waals surface area contributed by atoms with E-state index in [1.54, 1.807) is 28.6 Å². The number of hydrogen-bond acceptors (Lipinski definition) is 4. The van der Waals surface area contributed by atoms with Crippen molar-refractivity contribution in [2.45, 2.75) is 11.3 Å². The lowest BCUT2D eigenvalue weighted by molar-refractivity contribution is 0.318. The molecule has 0 fully saturated rings. The van der Waals surface area contributed by atoms with Crippen LogP contribution >= 0.6 is 11.8 Å². The molecular formula is C14H15N3OS. The number of nitrogens with zero attached hydrogens (tertiary/aromatic N) is 3. The molecule has 0 bridgehead atoms. The van der Waals surface area contributed by atoms with Gasteiger partial charge in [-0.25, -0.2) is 0 Å². The highest BCUT2D eigenvalue weighted by Gasteiger charge is 1.98. The molecule has 0 saturated carbocycles. The summed E-state index contributed by atoms with van der Waals surface area (Å²) in [6.45, 7) is 0.680. The number of ether oxygens (including phenoxy) is 1. The maximum absolute atomic E-state index is 8.68. The Labute approximate surface area is 117 Å². The van der Waals surface area contributed by atoms with Crippen LogP contribution in [-0.4, -0.2) is 22.1 Å². The van der Waals surface area contributed by atoms with E-state index in [0.29, 0.717) is 12.2 Å². The number of benzene rings is 1. The fourth-order valence-corrected chi connectivity index (χ4v) is 2.38. The van der Waals surface area contributed by atoms with Crippen molar-refractivity contribution in [2.75, 3.05) is 12.4 Å². The number of thioether (sulfide) groups is 1. The highest BCUT2D eigenvalue weighted by Crippen LogP contribution is 2.17. The third-order valence-electron chi connectivity index (χ3n) is 2.49. The summed E-state index contributed by atoms with van der Waals surface area (Å²) in [5.74, 6) is 1.81. The van der Waals surface area contributed by atoms with Crippen LogP contribution in [0.3, 0.4) is 0 Å². The lowest BCUT2D eigenvalue weighted by Gasteiger charge is -2.05. The van der Waals surface area contributed by atoms with Gasteiger partial charge in [-0.3, -0.25) is 4.68 Å². The number of aryl methyl sites for hydroxylation is 1. The zero-order valence-corrected chi connectivity index (χ0v) is 11.6. The molecule has 0 aliphatic carbocycles. The fourth-order valence-electron chi connectivity index (χ4n) is 1.54. The van der Waals surface area contributed by atoms with E-state index >= 15 is 0 Å². The van der Waals surface area contributed by atoms with E-state index in [-0.39, 0.29) is 0 Å². The van der Waals surface area contributed by atoms with Crippen LogP contribution in [0, 0.1) is 11.3 Å². The second kappa shape index (κ2) is 6.86. The highest BCUT2D eigenvalue weighted by molar-refractivity contribution is 7.99. The molecule has 0 N–H and O–H groups in total. The molecule has 2 aromatic rings. The molecule has 0 saturated heterocycles. The summed E-state index contributed by atoms with van der Waals surface area (Å²) in [5.41, 5.74) is 0.652. The number of rotatable bonds is 6. The van der Waals surface area contributed by atoms with Crippen molar-refractivity contribution in [3.8, 4) is 11.8 Å². The Hall–Kier alpha value is -1.93. The van der Waals surface area contributed by atoms with Crippen LogP contribution in [0.1, 0.15) is 12.0 Å². The summed E-state index contributed by atoms with van der Waals surface area (Å²) >= 11 is 1.78. The Balaban J connectivity index is 1.65. The molecule has 0 aliphatic rings. The molecule has 0 unspecified atom stereocenters. The molecule has 2 rings (SSSR count). The van der Waals surface area contributed by atoms with E-state index < -0.39 is 0 Å². The van der Waals surface area contributed by atoms with Gasteiger partial charge in [-0.15, -0.1) is 11.8 Å². The predicted molar refractivity (Wildman–Crippen MR) is 75.2 cm³/mol. The standard InChI is InChI=1S/C14H15N3OS/c1-17-11-14(10-16-17)19-8-2-7-18-13-5-3-12(9-15)4-6-13/h3-6,10-11H,2,7-8H2,1H3. The molecule has 0 radical (unpaired) electrons.